The number of aryl methyl sites for hydroxylation is 1. The molecule has 4 nitrogen and oxygen atoms in total. The molecule has 0 aliphatic carbocycles. The first-order valence-corrected chi connectivity index (χ1v) is 7.44. The van der Waals surface area contributed by atoms with E-state index in [1.54, 1.807) is 19.3 Å². The number of benzene rings is 2. The standard InChI is InChI=1S/C19H19FO4/c1-14-10-11-17(23-13-22-2)15(12-14)6-5-9-19(21)24-18-8-4-3-7-16(18)20/h3-5,7-12H,6,13H2,1-2H3. The van der Waals surface area contributed by atoms with Crippen LogP contribution in [0.5, 0.6) is 11.5 Å². The molecule has 2 rings (SSSR count). The molecule has 0 aliphatic rings. The Bertz CT molecular complexity index is 725. The van der Waals surface area contributed by atoms with Gasteiger partial charge in [0.1, 0.15) is 5.75 Å². The average molecular weight is 330 g/mol. The van der Waals surface area contributed by atoms with E-state index in [9.17, 15) is 9.18 Å². The summed E-state index contributed by atoms with van der Waals surface area (Å²) in [5.41, 5.74) is 2.00. The topological polar surface area (TPSA) is 44.8 Å². The van der Waals surface area contributed by atoms with E-state index in [1.807, 2.05) is 25.1 Å². The Hall–Kier alpha value is -2.66. The highest BCUT2D eigenvalue weighted by molar-refractivity contribution is 5.84. The van der Waals surface area contributed by atoms with E-state index in [1.165, 1.54) is 24.3 Å². The van der Waals surface area contributed by atoms with Crippen LogP contribution in [0.4, 0.5) is 4.39 Å². The molecule has 0 spiro atoms. The van der Waals surface area contributed by atoms with Crippen LogP contribution in [0.3, 0.4) is 0 Å². The zero-order valence-corrected chi connectivity index (χ0v) is 13.6. The van der Waals surface area contributed by atoms with Crippen LogP contribution >= 0.6 is 0 Å². The van der Waals surface area contributed by atoms with E-state index < -0.39 is 11.8 Å². The SMILES string of the molecule is COCOc1ccc(C)cc1CC=CC(=O)Oc1ccccc1F. The van der Waals surface area contributed by atoms with E-state index >= 15 is 0 Å². The molecule has 2 aromatic carbocycles. The molecule has 0 unspecified atom stereocenters. The molecule has 5 heteroatoms. The van der Waals surface area contributed by atoms with Crippen molar-refractivity contribution in [2.24, 2.45) is 0 Å². The zero-order chi connectivity index (χ0) is 17.4. The van der Waals surface area contributed by atoms with Crippen molar-refractivity contribution in [3.05, 3.63) is 71.6 Å². The Kier molecular flexibility index (Phi) is 6.51. The van der Waals surface area contributed by atoms with Crippen molar-refractivity contribution in [1.29, 1.82) is 0 Å². The molecule has 24 heavy (non-hydrogen) atoms. The second-order valence-electron chi connectivity index (χ2n) is 5.12. The second kappa shape index (κ2) is 8.84. The number of hydrogen-bond acceptors (Lipinski definition) is 4. The fourth-order valence-corrected chi connectivity index (χ4v) is 2.08. The fourth-order valence-electron chi connectivity index (χ4n) is 2.08. The van der Waals surface area contributed by atoms with Crippen molar-refractivity contribution >= 4 is 5.97 Å². The lowest BCUT2D eigenvalue weighted by atomic mass is 10.1. The van der Waals surface area contributed by atoms with Gasteiger partial charge in [-0.05, 0) is 37.1 Å². The van der Waals surface area contributed by atoms with Gasteiger partial charge in [-0.2, -0.15) is 0 Å². The second-order valence-corrected chi connectivity index (χ2v) is 5.12. The molecule has 0 radical (unpaired) electrons. The first kappa shape index (κ1) is 17.7. The van der Waals surface area contributed by atoms with Gasteiger partial charge in [-0.25, -0.2) is 9.18 Å². The van der Waals surface area contributed by atoms with Crippen molar-refractivity contribution in [1.82, 2.24) is 0 Å². The Morgan fingerprint density at radius 3 is 2.71 bits per heavy atom. The van der Waals surface area contributed by atoms with Gasteiger partial charge in [0.25, 0.3) is 0 Å². The molecule has 0 heterocycles. The smallest absolute Gasteiger partial charge is 0.335 e. The fraction of sp³-hybridized carbons (Fsp3) is 0.211. The summed E-state index contributed by atoms with van der Waals surface area (Å²) in [5, 5.41) is 0. The maximum Gasteiger partial charge on any atom is 0.335 e. The number of hydrogen-bond donors (Lipinski definition) is 0. The molecular formula is C19H19FO4. The highest BCUT2D eigenvalue weighted by Gasteiger charge is 2.06. The minimum absolute atomic E-state index is 0.0909. The van der Waals surface area contributed by atoms with Crippen molar-refractivity contribution < 1.29 is 23.4 Å². The Labute approximate surface area is 140 Å². The lowest BCUT2D eigenvalue weighted by molar-refractivity contribution is -0.129. The third-order valence-electron chi connectivity index (χ3n) is 3.19. The monoisotopic (exact) mass is 330 g/mol. The minimum Gasteiger partial charge on any atom is -0.467 e. The van der Waals surface area contributed by atoms with Crippen LogP contribution in [-0.2, 0) is 16.0 Å². The molecule has 0 amide bonds. The normalized spacial score (nSPS) is 10.8. The van der Waals surface area contributed by atoms with Gasteiger partial charge in [0.15, 0.2) is 18.4 Å². The lowest BCUT2D eigenvalue weighted by Crippen LogP contribution is -2.05. The summed E-state index contributed by atoms with van der Waals surface area (Å²) < 4.78 is 28.8. The quantitative estimate of drug-likeness (QED) is 0.335. The molecular weight excluding hydrogens is 311 g/mol. The predicted octanol–water partition coefficient (Wildman–Crippen LogP) is 3.82. The molecule has 0 aromatic heterocycles. The number of esters is 1. The van der Waals surface area contributed by atoms with Crippen LogP contribution in [0.25, 0.3) is 0 Å². The highest BCUT2D eigenvalue weighted by Crippen LogP contribution is 2.21. The van der Waals surface area contributed by atoms with E-state index in [0.717, 1.165) is 11.1 Å². The van der Waals surface area contributed by atoms with E-state index in [0.29, 0.717) is 12.2 Å². The first-order valence-electron chi connectivity index (χ1n) is 7.44. The van der Waals surface area contributed by atoms with Crippen molar-refractivity contribution in [3.63, 3.8) is 0 Å². The molecule has 0 aliphatic heterocycles. The Morgan fingerprint density at radius 1 is 1.17 bits per heavy atom. The summed E-state index contributed by atoms with van der Waals surface area (Å²) in [6.07, 6.45) is 3.40. The molecule has 0 bridgehead atoms. The minimum atomic E-state index is -0.632. The third kappa shape index (κ3) is 5.21. The molecule has 0 fully saturated rings. The van der Waals surface area contributed by atoms with Gasteiger partial charge in [-0.1, -0.05) is 35.9 Å². The highest BCUT2D eigenvalue weighted by atomic mass is 19.1. The summed E-state index contributed by atoms with van der Waals surface area (Å²) in [6.45, 7) is 2.12. The summed E-state index contributed by atoms with van der Waals surface area (Å²) in [5.74, 6) is -0.610. The molecule has 0 saturated carbocycles. The maximum atomic E-state index is 13.4. The zero-order valence-electron chi connectivity index (χ0n) is 13.6. The van der Waals surface area contributed by atoms with Crippen LogP contribution < -0.4 is 9.47 Å². The number of rotatable bonds is 7. The van der Waals surface area contributed by atoms with Gasteiger partial charge >= 0.3 is 5.97 Å². The van der Waals surface area contributed by atoms with Gasteiger partial charge < -0.3 is 14.2 Å². The van der Waals surface area contributed by atoms with Crippen LogP contribution in [0.1, 0.15) is 11.1 Å². The molecule has 0 atom stereocenters. The van der Waals surface area contributed by atoms with E-state index in [2.05, 4.69) is 0 Å². The molecule has 126 valence electrons. The number of para-hydroxylation sites is 1. The molecule has 2 aromatic rings. The van der Waals surface area contributed by atoms with Crippen molar-refractivity contribution in [2.75, 3.05) is 13.9 Å². The van der Waals surface area contributed by atoms with Crippen LogP contribution in [0, 0.1) is 12.7 Å². The summed E-state index contributed by atoms with van der Waals surface area (Å²) in [6, 6.07) is 11.5. The number of allylic oxidation sites excluding steroid dienone is 1. The van der Waals surface area contributed by atoms with Crippen LogP contribution in [0.2, 0.25) is 0 Å². The van der Waals surface area contributed by atoms with Gasteiger partial charge in [-0.3, -0.25) is 0 Å². The number of carbonyl (C=O) groups excluding carboxylic acids is 1. The van der Waals surface area contributed by atoms with Gasteiger partial charge in [0.2, 0.25) is 0 Å². The van der Waals surface area contributed by atoms with Gasteiger partial charge in [0.05, 0.1) is 0 Å². The van der Waals surface area contributed by atoms with Crippen LogP contribution in [-0.4, -0.2) is 19.9 Å². The summed E-state index contributed by atoms with van der Waals surface area (Å²) >= 11 is 0. The van der Waals surface area contributed by atoms with Crippen molar-refractivity contribution in [3.8, 4) is 11.5 Å². The summed E-state index contributed by atoms with van der Waals surface area (Å²) in [4.78, 5) is 11.8. The maximum absolute atomic E-state index is 13.4. The van der Waals surface area contributed by atoms with E-state index in [4.69, 9.17) is 14.2 Å². The van der Waals surface area contributed by atoms with Gasteiger partial charge in [-0.15, -0.1) is 0 Å². The molecule has 0 N–H and O–H groups in total. The third-order valence-corrected chi connectivity index (χ3v) is 3.19. The average Bonchev–Trinajstić information content (AvgIpc) is 2.56. The van der Waals surface area contributed by atoms with E-state index in [-0.39, 0.29) is 12.5 Å². The number of carbonyl (C=O) groups is 1. The number of ether oxygens (including phenoxy) is 3. The largest absolute Gasteiger partial charge is 0.467 e. The van der Waals surface area contributed by atoms with Crippen LogP contribution in [0.15, 0.2) is 54.6 Å². The van der Waals surface area contributed by atoms with Gasteiger partial charge in [0, 0.05) is 13.2 Å². The first-order chi connectivity index (χ1) is 11.6. The Morgan fingerprint density at radius 2 is 1.96 bits per heavy atom. The Balaban J connectivity index is 1.99. The number of halogens is 1. The number of methoxy groups -OCH3 is 1. The van der Waals surface area contributed by atoms with Crippen molar-refractivity contribution in [2.45, 2.75) is 13.3 Å². The molecule has 0 saturated heterocycles. The summed E-state index contributed by atoms with van der Waals surface area (Å²) in [7, 11) is 1.55. The predicted molar refractivity (Wildman–Crippen MR) is 88.6 cm³/mol. The lowest BCUT2D eigenvalue weighted by Gasteiger charge is -2.10.